The highest BCUT2D eigenvalue weighted by molar-refractivity contribution is 5.95. The van der Waals surface area contributed by atoms with Gasteiger partial charge in [-0.1, -0.05) is 13.0 Å². The molecule has 0 aliphatic rings. The van der Waals surface area contributed by atoms with Crippen LogP contribution in [-0.4, -0.2) is 44.1 Å². The van der Waals surface area contributed by atoms with Gasteiger partial charge in [-0.05, 0) is 50.1 Å². The van der Waals surface area contributed by atoms with Crippen LogP contribution in [-0.2, 0) is 4.74 Å². The molecule has 1 atom stereocenters. The van der Waals surface area contributed by atoms with Gasteiger partial charge >= 0.3 is 6.18 Å². The van der Waals surface area contributed by atoms with Crippen molar-refractivity contribution in [3.63, 3.8) is 0 Å². The molecule has 0 aliphatic heterocycles. The monoisotopic (exact) mass is 439 g/mol. The molecule has 0 bridgehead atoms. The van der Waals surface area contributed by atoms with Crippen LogP contribution in [0.2, 0.25) is 0 Å². The van der Waals surface area contributed by atoms with E-state index in [2.05, 4.69) is 17.2 Å². The van der Waals surface area contributed by atoms with Crippen molar-refractivity contribution in [1.82, 2.24) is 10.3 Å². The lowest BCUT2D eigenvalue weighted by molar-refractivity contribution is -0.154. The Hall–Kier alpha value is -2.81. The Labute approximate surface area is 180 Å². The number of amides is 1. The largest absolute Gasteiger partial charge is 0.468 e. The van der Waals surface area contributed by atoms with Crippen LogP contribution < -0.4 is 15.0 Å². The number of alkyl halides is 3. The Balaban J connectivity index is 2.08. The molecule has 9 heteroatoms. The molecule has 1 aromatic heterocycles. The van der Waals surface area contributed by atoms with Gasteiger partial charge in [-0.2, -0.15) is 13.2 Å². The second-order valence-corrected chi connectivity index (χ2v) is 7.22. The molecule has 0 radical (unpaired) electrons. The van der Waals surface area contributed by atoms with E-state index in [-0.39, 0.29) is 11.8 Å². The molecule has 0 aliphatic carbocycles. The number of ether oxygens (including phenoxy) is 2. The van der Waals surface area contributed by atoms with E-state index in [1.807, 2.05) is 17.0 Å². The molecule has 0 fully saturated rings. The van der Waals surface area contributed by atoms with Crippen LogP contribution in [0.5, 0.6) is 5.88 Å². The summed E-state index contributed by atoms with van der Waals surface area (Å²) in [5, 5.41) is 2.90. The number of rotatable bonds is 10. The number of carbonyl (C=O) groups is 1. The zero-order valence-electron chi connectivity index (χ0n) is 18.1. The van der Waals surface area contributed by atoms with E-state index < -0.39 is 18.8 Å². The topological polar surface area (TPSA) is 63.7 Å². The zero-order chi connectivity index (χ0) is 23.0. The molecule has 1 amide bonds. The second-order valence-electron chi connectivity index (χ2n) is 7.22. The molecular formula is C22H28F3N3O3. The van der Waals surface area contributed by atoms with Gasteiger partial charge in [0.1, 0.15) is 6.73 Å². The zero-order valence-corrected chi connectivity index (χ0v) is 18.1. The van der Waals surface area contributed by atoms with Gasteiger partial charge in [0.05, 0.1) is 6.04 Å². The highest BCUT2D eigenvalue weighted by atomic mass is 19.4. The summed E-state index contributed by atoms with van der Waals surface area (Å²) >= 11 is 0. The van der Waals surface area contributed by atoms with Gasteiger partial charge in [-0.15, -0.1) is 0 Å². The second kappa shape index (κ2) is 11.0. The number of pyridine rings is 1. The number of aryl methyl sites for hydroxylation is 1. The fourth-order valence-electron chi connectivity index (χ4n) is 3.02. The van der Waals surface area contributed by atoms with Crippen LogP contribution in [0.25, 0.3) is 0 Å². The number of hydrogen-bond donors (Lipinski definition) is 1. The first-order chi connectivity index (χ1) is 14.6. The Morgan fingerprint density at radius 1 is 1.29 bits per heavy atom. The Bertz CT molecular complexity index is 869. The first-order valence-electron chi connectivity index (χ1n) is 9.95. The van der Waals surface area contributed by atoms with Crippen LogP contribution in [0.3, 0.4) is 0 Å². The summed E-state index contributed by atoms with van der Waals surface area (Å²) in [5.41, 5.74) is 2.50. The van der Waals surface area contributed by atoms with Gasteiger partial charge in [0, 0.05) is 36.7 Å². The standard InChI is InChI=1S/C22H28F3N3O3/c1-5-9-28(14-30-4)19-8-6-7-17(11-19)20(29)27-16(3)18-10-15(2)21(26-12-18)31-13-22(23,24)25/h6-8,10-12,16H,5,9,13-14H2,1-4H3,(H,27,29). The number of aromatic nitrogens is 1. The van der Waals surface area contributed by atoms with Crippen LogP contribution in [0, 0.1) is 6.92 Å². The van der Waals surface area contributed by atoms with Crippen LogP contribution in [0.1, 0.15) is 47.8 Å². The molecule has 6 nitrogen and oxygen atoms in total. The summed E-state index contributed by atoms with van der Waals surface area (Å²) in [6.45, 7) is 5.27. The number of anilines is 1. The number of benzene rings is 1. The minimum Gasteiger partial charge on any atom is -0.468 e. The summed E-state index contributed by atoms with van der Waals surface area (Å²) in [5.74, 6) is -0.347. The van der Waals surface area contributed by atoms with E-state index >= 15 is 0 Å². The van der Waals surface area contributed by atoms with Crippen molar-refractivity contribution in [2.45, 2.75) is 39.4 Å². The van der Waals surface area contributed by atoms with Crippen molar-refractivity contribution in [1.29, 1.82) is 0 Å². The molecule has 1 unspecified atom stereocenters. The van der Waals surface area contributed by atoms with Crippen LogP contribution >= 0.6 is 0 Å². The maximum Gasteiger partial charge on any atom is 0.422 e. The summed E-state index contributed by atoms with van der Waals surface area (Å²) < 4.78 is 47.0. The quantitative estimate of drug-likeness (QED) is 0.547. The number of hydrogen-bond acceptors (Lipinski definition) is 5. The van der Waals surface area contributed by atoms with Gasteiger partial charge < -0.3 is 19.7 Å². The average Bonchev–Trinajstić information content (AvgIpc) is 2.72. The average molecular weight is 439 g/mol. The van der Waals surface area contributed by atoms with E-state index in [0.29, 0.717) is 23.4 Å². The number of nitrogens with zero attached hydrogens (tertiary/aromatic N) is 2. The summed E-state index contributed by atoms with van der Waals surface area (Å²) in [7, 11) is 1.62. The van der Waals surface area contributed by atoms with E-state index in [1.165, 1.54) is 6.20 Å². The lowest BCUT2D eigenvalue weighted by Crippen LogP contribution is -2.28. The third kappa shape index (κ3) is 7.43. The van der Waals surface area contributed by atoms with Crippen LogP contribution in [0.15, 0.2) is 36.5 Å². The summed E-state index contributed by atoms with van der Waals surface area (Å²) in [4.78, 5) is 18.8. The third-order valence-corrected chi connectivity index (χ3v) is 4.52. The maximum atomic E-state index is 12.8. The molecule has 2 aromatic rings. The highest BCUT2D eigenvalue weighted by Gasteiger charge is 2.29. The predicted octanol–water partition coefficient (Wildman–Crippen LogP) is 4.64. The van der Waals surface area contributed by atoms with E-state index in [1.54, 1.807) is 39.2 Å². The molecule has 170 valence electrons. The molecule has 1 N–H and O–H groups in total. The SMILES string of the molecule is CCCN(COC)c1cccc(C(=O)NC(C)c2cnc(OCC(F)(F)F)c(C)c2)c1. The fourth-order valence-corrected chi connectivity index (χ4v) is 3.02. The normalized spacial score (nSPS) is 12.4. The molecular weight excluding hydrogens is 411 g/mol. The Morgan fingerprint density at radius 3 is 2.65 bits per heavy atom. The minimum atomic E-state index is -4.43. The van der Waals surface area contributed by atoms with E-state index in [4.69, 9.17) is 9.47 Å². The molecule has 1 heterocycles. The third-order valence-electron chi connectivity index (χ3n) is 4.52. The molecule has 0 spiro atoms. The predicted molar refractivity (Wildman–Crippen MR) is 112 cm³/mol. The number of halogens is 3. The number of methoxy groups -OCH3 is 1. The summed E-state index contributed by atoms with van der Waals surface area (Å²) in [6.07, 6.45) is -2.09. The minimum absolute atomic E-state index is 0.0820. The first kappa shape index (κ1) is 24.5. The van der Waals surface area contributed by atoms with Gasteiger partial charge in [-0.25, -0.2) is 4.98 Å². The Kier molecular flexibility index (Phi) is 8.67. The van der Waals surface area contributed by atoms with E-state index in [9.17, 15) is 18.0 Å². The van der Waals surface area contributed by atoms with Gasteiger partial charge in [0.2, 0.25) is 5.88 Å². The molecule has 1 aromatic carbocycles. The van der Waals surface area contributed by atoms with Crippen molar-refractivity contribution < 1.29 is 27.4 Å². The van der Waals surface area contributed by atoms with Crippen LogP contribution in [0.4, 0.5) is 18.9 Å². The highest BCUT2D eigenvalue weighted by Crippen LogP contribution is 2.23. The fraction of sp³-hybridized carbons (Fsp3) is 0.455. The molecule has 0 saturated carbocycles. The van der Waals surface area contributed by atoms with Crippen molar-refractivity contribution in [3.8, 4) is 5.88 Å². The van der Waals surface area contributed by atoms with Gasteiger partial charge in [0.25, 0.3) is 5.91 Å². The Morgan fingerprint density at radius 2 is 2.03 bits per heavy atom. The summed E-state index contributed by atoms with van der Waals surface area (Å²) in [6, 6.07) is 8.51. The van der Waals surface area contributed by atoms with Gasteiger partial charge in [-0.3, -0.25) is 4.79 Å². The van der Waals surface area contributed by atoms with Crippen molar-refractivity contribution in [2.75, 3.05) is 31.9 Å². The molecule has 2 rings (SSSR count). The van der Waals surface area contributed by atoms with Crippen molar-refractivity contribution >= 4 is 11.6 Å². The van der Waals surface area contributed by atoms with Crippen molar-refractivity contribution in [2.24, 2.45) is 0 Å². The van der Waals surface area contributed by atoms with Gasteiger partial charge in [0.15, 0.2) is 6.61 Å². The number of carbonyl (C=O) groups excluding carboxylic acids is 1. The maximum absolute atomic E-state index is 12.8. The lowest BCUT2D eigenvalue weighted by atomic mass is 10.1. The first-order valence-corrected chi connectivity index (χ1v) is 9.95. The lowest BCUT2D eigenvalue weighted by Gasteiger charge is -2.24. The number of nitrogens with one attached hydrogen (secondary N) is 1. The molecule has 0 saturated heterocycles. The molecule has 31 heavy (non-hydrogen) atoms. The van der Waals surface area contributed by atoms with Crippen molar-refractivity contribution in [3.05, 3.63) is 53.2 Å². The smallest absolute Gasteiger partial charge is 0.422 e. The van der Waals surface area contributed by atoms with E-state index in [0.717, 1.165) is 18.7 Å².